The summed E-state index contributed by atoms with van der Waals surface area (Å²) in [5, 5.41) is 1.03. The van der Waals surface area contributed by atoms with Crippen LogP contribution in [0.15, 0.2) is 41.4 Å². The minimum Gasteiger partial charge on any atom is -0.364 e. The number of nitrogens with two attached hydrogens (primary N) is 1. The summed E-state index contributed by atoms with van der Waals surface area (Å²) >= 11 is 0. The summed E-state index contributed by atoms with van der Waals surface area (Å²) in [7, 11) is -2.22. The lowest BCUT2D eigenvalue weighted by molar-refractivity contribution is -0.131. The molecule has 174 valence electrons. The number of para-hydroxylation sites is 1. The van der Waals surface area contributed by atoms with E-state index in [-0.39, 0.29) is 36.0 Å². The van der Waals surface area contributed by atoms with Gasteiger partial charge in [0.25, 0.3) is 5.91 Å². The monoisotopic (exact) mass is 469 g/mol. The highest BCUT2D eigenvalue weighted by molar-refractivity contribution is 7.89. The van der Waals surface area contributed by atoms with Gasteiger partial charge in [0, 0.05) is 50.5 Å². The molecule has 1 aromatic carbocycles. The van der Waals surface area contributed by atoms with E-state index in [4.69, 9.17) is 5.73 Å². The predicted molar refractivity (Wildman–Crippen MR) is 124 cm³/mol. The molecule has 2 N–H and O–H groups in total. The molecular formula is C23H27N5O4S. The summed E-state index contributed by atoms with van der Waals surface area (Å²) in [6.45, 7) is 4.88. The molecule has 10 heteroatoms. The van der Waals surface area contributed by atoms with E-state index in [1.165, 1.54) is 21.1 Å². The number of sulfonamides is 1. The molecule has 3 heterocycles. The molecule has 1 saturated heterocycles. The minimum atomic E-state index is -3.79. The van der Waals surface area contributed by atoms with Gasteiger partial charge in [-0.3, -0.25) is 14.6 Å². The van der Waals surface area contributed by atoms with E-state index in [1.807, 2.05) is 38.1 Å². The van der Waals surface area contributed by atoms with Crippen LogP contribution in [0.4, 0.5) is 0 Å². The SMILES string of the molecule is Cc1nc2ccccc2c(C)c1CC(=O)N1CCN(S(=O)(=O)c2cc(C(N)=O)n(C)c2)CC1. The van der Waals surface area contributed by atoms with Crippen LogP contribution in [0, 0.1) is 13.8 Å². The van der Waals surface area contributed by atoms with Gasteiger partial charge in [-0.1, -0.05) is 18.2 Å². The number of primary amides is 1. The van der Waals surface area contributed by atoms with Crippen LogP contribution in [0.1, 0.15) is 27.3 Å². The molecule has 0 unspecified atom stereocenters. The minimum absolute atomic E-state index is 0.0204. The molecule has 0 atom stereocenters. The van der Waals surface area contributed by atoms with Crippen molar-refractivity contribution in [2.75, 3.05) is 26.2 Å². The van der Waals surface area contributed by atoms with Crippen molar-refractivity contribution in [2.45, 2.75) is 25.2 Å². The Labute approximate surface area is 192 Å². The van der Waals surface area contributed by atoms with Crippen LogP contribution >= 0.6 is 0 Å². The maximum absolute atomic E-state index is 13.0. The lowest BCUT2D eigenvalue weighted by Gasteiger charge is -2.34. The van der Waals surface area contributed by atoms with Gasteiger partial charge in [0.05, 0.1) is 11.9 Å². The average molecular weight is 470 g/mol. The zero-order valence-corrected chi connectivity index (χ0v) is 19.7. The van der Waals surface area contributed by atoms with Crippen molar-refractivity contribution >= 4 is 32.7 Å². The van der Waals surface area contributed by atoms with Crippen LogP contribution in [0.5, 0.6) is 0 Å². The normalized spacial score (nSPS) is 15.2. The highest BCUT2D eigenvalue weighted by atomic mass is 32.2. The summed E-state index contributed by atoms with van der Waals surface area (Å²) in [5.41, 5.74) is 9.11. The Hall–Kier alpha value is -3.24. The molecule has 33 heavy (non-hydrogen) atoms. The van der Waals surface area contributed by atoms with Gasteiger partial charge in [0.1, 0.15) is 10.6 Å². The molecule has 0 saturated carbocycles. The second kappa shape index (κ2) is 8.60. The number of carbonyl (C=O) groups excluding carboxylic acids is 2. The Morgan fingerprint density at radius 3 is 2.39 bits per heavy atom. The van der Waals surface area contributed by atoms with Crippen LogP contribution in [0.2, 0.25) is 0 Å². The summed E-state index contributed by atoms with van der Waals surface area (Å²) in [4.78, 5) is 30.9. The number of benzene rings is 1. The molecule has 2 aromatic heterocycles. The summed E-state index contributed by atoms with van der Waals surface area (Å²) in [6.07, 6.45) is 1.61. The Morgan fingerprint density at radius 2 is 1.76 bits per heavy atom. The molecule has 1 aliphatic rings. The average Bonchev–Trinajstić information content (AvgIpc) is 3.19. The van der Waals surface area contributed by atoms with Crippen LogP contribution in [0.3, 0.4) is 0 Å². The third-order valence-electron chi connectivity index (χ3n) is 6.28. The fourth-order valence-electron chi connectivity index (χ4n) is 4.34. The Balaban J connectivity index is 1.46. The van der Waals surface area contributed by atoms with Crippen LogP contribution < -0.4 is 5.73 Å². The van der Waals surface area contributed by atoms with Gasteiger partial charge in [-0.05, 0) is 37.1 Å². The molecule has 0 radical (unpaired) electrons. The van der Waals surface area contributed by atoms with E-state index in [1.54, 1.807) is 11.9 Å². The number of aryl methyl sites for hydroxylation is 3. The maximum atomic E-state index is 13.0. The fourth-order valence-corrected chi connectivity index (χ4v) is 5.84. The second-order valence-corrected chi connectivity index (χ2v) is 10.3. The number of aromatic nitrogens is 2. The van der Waals surface area contributed by atoms with Gasteiger partial charge in [0.2, 0.25) is 15.9 Å². The Bertz CT molecular complexity index is 1350. The molecule has 9 nitrogen and oxygen atoms in total. The summed E-state index contributed by atoms with van der Waals surface area (Å²) in [6, 6.07) is 9.14. The standard InChI is InChI=1S/C23H27N5O4S/c1-15-18-6-4-5-7-20(18)25-16(2)19(15)13-22(29)27-8-10-28(11-9-27)33(31,32)17-12-21(23(24)30)26(3)14-17/h4-7,12,14H,8-11,13H2,1-3H3,(H2,24,30). The van der Waals surface area contributed by atoms with Crippen molar-refractivity contribution in [1.82, 2.24) is 18.8 Å². The summed E-state index contributed by atoms with van der Waals surface area (Å²) in [5.74, 6) is -0.741. The molecule has 0 spiro atoms. The number of pyridine rings is 1. The van der Waals surface area contributed by atoms with Crippen LogP contribution in [-0.2, 0) is 28.3 Å². The van der Waals surface area contributed by atoms with E-state index >= 15 is 0 Å². The maximum Gasteiger partial charge on any atom is 0.265 e. The molecule has 1 fully saturated rings. The van der Waals surface area contributed by atoms with Crippen molar-refractivity contribution in [3.63, 3.8) is 0 Å². The smallest absolute Gasteiger partial charge is 0.265 e. The number of hydrogen-bond acceptors (Lipinski definition) is 5. The van der Waals surface area contributed by atoms with Crippen molar-refractivity contribution in [3.8, 4) is 0 Å². The fraction of sp³-hybridized carbons (Fsp3) is 0.348. The molecule has 0 bridgehead atoms. The third kappa shape index (κ3) is 4.23. The van der Waals surface area contributed by atoms with Crippen LogP contribution in [-0.4, -0.2) is 65.2 Å². The first-order valence-corrected chi connectivity index (χ1v) is 12.1. The first kappa shape index (κ1) is 22.9. The van der Waals surface area contributed by atoms with Crippen molar-refractivity contribution in [3.05, 3.63) is 59.0 Å². The van der Waals surface area contributed by atoms with E-state index in [0.29, 0.717) is 13.1 Å². The Morgan fingerprint density at radius 1 is 1.09 bits per heavy atom. The first-order chi connectivity index (χ1) is 15.6. The molecule has 1 aliphatic heterocycles. The van der Waals surface area contributed by atoms with Gasteiger partial charge in [-0.25, -0.2) is 8.42 Å². The number of carbonyl (C=O) groups is 2. The van der Waals surface area contributed by atoms with Gasteiger partial charge in [-0.15, -0.1) is 0 Å². The highest BCUT2D eigenvalue weighted by Crippen LogP contribution is 2.24. The molecular weight excluding hydrogens is 442 g/mol. The topological polar surface area (TPSA) is 119 Å². The molecule has 0 aliphatic carbocycles. The molecule has 4 rings (SSSR count). The molecule has 2 amide bonds. The lowest BCUT2D eigenvalue weighted by Crippen LogP contribution is -2.50. The number of hydrogen-bond donors (Lipinski definition) is 1. The lowest BCUT2D eigenvalue weighted by atomic mass is 9.99. The van der Waals surface area contributed by atoms with Crippen molar-refractivity contribution in [1.29, 1.82) is 0 Å². The van der Waals surface area contributed by atoms with Gasteiger partial charge < -0.3 is 15.2 Å². The van der Waals surface area contributed by atoms with E-state index in [2.05, 4.69) is 4.98 Å². The Kier molecular flexibility index (Phi) is 5.98. The van der Waals surface area contributed by atoms with Crippen molar-refractivity contribution in [2.24, 2.45) is 12.8 Å². The zero-order valence-electron chi connectivity index (χ0n) is 18.9. The zero-order chi connectivity index (χ0) is 23.9. The van der Waals surface area contributed by atoms with E-state index < -0.39 is 15.9 Å². The van der Waals surface area contributed by atoms with E-state index in [0.717, 1.165) is 27.7 Å². The van der Waals surface area contributed by atoms with Gasteiger partial charge in [0.15, 0.2) is 0 Å². The summed E-state index contributed by atoms with van der Waals surface area (Å²) < 4.78 is 28.7. The van der Waals surface area contributed by atoms with Gasteiger partial charge >= 0.3 is 0 Å². The van der Waals surface area contributed by atoms with Crippen molar-refractivity contribution < 1.29 is 18.0 Å². The number of rotatable bonds is 5. The number of fused-ring (bicyclic) bond motifs is 1. The number of amides is 2. The molecule has 3 aromatic rings. The van der Waals surface area contributed by atoms with E-state index in [9.17, 15) is 18.0 Å². The predicted octanol–water partition coefficient (Wildman–Crippen LogP) is 1.36. The number of nitrogens with zero attached hydrogens (tertiary/aromatic N) is 4. The first-order valence-electron chi connectivity index (χ1n) is 10.7. The second-order valence-electron chi connectivity index (χ2n) is 8.32. The van der Waals surface area contributed by atoms with Crippen LogP contribution in [0.25, 0.3) is 10.9 Å². The van der Waals surface area contributed by atoms with Gasteiger partial charge in [-0.2, -0.15) is 4.31 Å². The quantitative estimate of drug-likeness (QED) is 0.605. The highest BCUT2D eigenvalue weighted by Gasteiger charge is 2.32. The largest absolute Gasteiger partial charge is 0.364 e. The third-order valence-corrected chi connectivity index (χ3v) is 8.14. The number of piperazine rings is 1.